The van der Waals surface area contributed by atoms with Gasteiger partial charge in [0.15, 0.2) is 29.3 Å². The van der Waals surface area contributed by atoms with Crippen LogP contribution >= 0.6 is 23.1 Å². The zero-order chi connectivity index (χ0) is 29.9. The first-order valence-electron chi connectivity index (χ1n) is 12.1. The second-order valence-corrected chi connectivity index (χ2v) is 12.0. The molecule has 5 rings (SSSR count). The number of β-lactam (4-membered cyclic amide) rings is 1. The lowest BCUT2D eigenvalue weighted by molar-refractivity contribution is -0.697. The molecule has 4 heterocycles. The highest BCUT2D eigenvalue weighted by Crippen LogP contribution is 2.40. The van der Waals surface area contributed by atoms with Gasteiger partial charge < -0.3 is 21.0 Å². The Kier molecular flexibility index (Phi) is 9.27. The summed E-state index contributed by atoms with van der Waals surface area (Å²) in [5.41, 5.74) is 8.96. The maximum atomic E-state index is 13.1. The number of nitrogens with one attached hydrogen (secondary N) is 1. The average molecular weight is 628 g/mol. The molecule has 0 radical (unpaired) electrons. The van der Waals surface area contributed by atoms with E-state index in [1.54, 1.807) is 5.38 Å². The predicted octanol–water partition coefficient (Wildman–Crippen LogP) is 0.0281. The van der Waals surface area contributed by atoms with Crippen molar-refractivity contribution in [1.29, 1.82) is 0 Å². The number of carbonyl (C=O) groups is 3. The van der Waals surface area contributed by atoms with E-state index in [2.05, 4.69) is 26.1 Å². The van der Waals surface area contributed by atoms with Crippen molar-refractivity contribution in [3.05, 3.63) is 51.9 Å². The number of anilines is 1. The van der Waals surface area contributed by atoms with Crippen molar-refractivity contribution in [2.45, 2.75) is 43.6 Å². The van der Waals surface area contributed by atoms with Crippen LogP contribution in [0.15, 0.2) is 40.1 Å². The summed E-state index contributed by atoms with van der Waals surface area (Å²) in [6.07, 6.45) is 6.20. The Morgan fingerprint density at radius 1 is 1.32 bits per heavy atom. The van der Waals surface area contributed by atoms with Crippen molar-refractivity contribution in [1.82, 2.24) is 15.2 Å². The van der Waals surface area contributed by atoms with Crippen molar-refractivity contribution >= 4 is 62.1 Å². The number of oxime groups is 1. The largest absolute Gasteiger partial charge is 0.477 e. The third-order valence-corrected chi connectivity index (χ3v) is 8.46. The lowest BCUT2D eigenvalue weighted by Gasteiger charge is -2.49. The molecule has 2 aromatic rings. The molecule has 1 aliphatic carbocycles. The number of aryl methyl sites for hydroxylation is 1. The molecule has 2 aromatic heterocycles. The first kappa shape index (κ1) is 30.4. The van der Waals surface area contributed by atoms with Gasteiger partial charge in [-0.05, 0) is 25.3 Å². The van der Waals surface area contributed by atoms with Crippen LogP contribution in [0.4, 0.5) is 5.13 Å². The number of hydrogen-bond donors (Lipinski definition) is 5. The minimum absolute atomic E-state index is 0.00628. The average Bonchev–Trinajstić information content (AvgIpc) is 3.34. The summed E-state index contributed by atoms with van der Waals surface area (Å²) in [5, 5.41) is 17.7. The lowest BCUT2D eigenvalue weighted by Crippen LogP contribution is -2.71. The number of carboxylic acids is 1. The Hall–Kier alpha value is -3.58. The molecule has 2 atom stereocenters. The van der Waals surface area contributed by atoms with Crippen LogP contribution in [0.5, 0.6) is 0 Å². The topological polar surface area (TPSA) is 226 Å². The van der Waals surface area contributed by atoms with Gasteiger partial charge in [0.1, 0.15) is 29.9 Å². The summed E-state index contributed by atoms with van der Waals surface area (Å²) in [6.45, 7) is 0.404. The van der Waals surface area contributed by atoms with E-state index in [0.717, 1.165) is 37.0 Å². The zero-order valence-electron chi connectivity index (χ0n) is 21.6. The molecule has 0 unspecified atom stereocenters. The third kappa shape index (κ3) is 7.02. The molecule has 0 aromatic carbocycles. The van der Waals surface area contributed by atoms with Crippen LogP contribution in [0.3, 0.4) is 0 Å². The van der Waals surface area contributed by atoms with Gasteiger partial charge in [-0.2, -0.15) is 13.0 Å². The van der Waals surface area contributed by atoms with Crippen molar-refractivity contribution in [3.8, 4) is 0 Å². The number of aliphatic carboxylic acids is 1. The number of pyridine rings is 1. The van der Waals surface area contributed by atoms with Gasteiger partial charge in [-0.15, -0.1) is 23.1 Å². The van der Waals surface area contributed by atoms with E-state index in [4.69, 9.17) is 28.1 Å². The molecule has 3 aliphatic rings. The number of carbonyl (C=O) groups excluding carboxylic acids is 2. The van der Waals surface area contributed by atoms with Gasteiger partial charge in [0.2, 0.25) is 0 Å². The first-order valence-corrected chi connectivity index (χ1v) is 15.4. The zero-order valence-corrected chi connectivity index (χ0v) is 24.0. The number of aromatic nitrogens is 2. The molecule has 1 fully saturated rings. The van der Waals surface area contributed by atoms with Gasteiger partial charge in [-0.25, -0.2) is 9.78 Å². The number of hydrogen-bond acceptors (Lipinski definition) is 11. The second kappa shape index (κ2) is 12.5. The van der Waals surface area contributed by atoms with Crippen LogP contribution in [0.1, 0.15) is 29.8 Å². The second-order valence-electron chi connectivity index (χ2n) is 9.07. The van der Waals surface area contributed by atoms with Crippen LogP contribution in [-0.2, 0) is 49.0 Å². The van der Waals surface area contributed by atoms with E-state index >= 15 is 0 Å². The summed E-state index contributed by atoms with van der Waals surface area (Å²) in [6, 6.07) is 3.21. The number of nitrogens with two attached hydrogens (primary N) is 1. The van der Waals surface area contributed by atoms with Crippen molar-refractivity contribution in [2.24, 2.45) is 5.16 Å². The number of amides is 2. The highest BCUT2D eigenvalue weighted by molar-refractivity contribution is 8.00. The normalized spacial score (nSPS) is 20.2. The third-order valence-electron chi connectivity index (χ3n) is 6.45. The van der Waals surface area contributed by atoms with E-state index in [9.17, 15) is 19.5 Å². The molecular formula is C23H27N6O9S3+. The number of rotatable bonds is 7. The molecule has 0 saturated carbocycles. The number of nitrogen functional groups attached to an aromatic ring is 1. The quantitative estimate of drug-likeness (QED) is 0.0901. The maximum Gasteiger partial charge on any atom is 0.394 e. The fraction of sp³-hybridized carbons (Fsp3) is 0.391. The Labute approximate surface area is 242 Å². The van der Waals surface area contributed by atoms with E-state index in [0.29, 0.717) is 17.9 Å². The molecule has 41 heavy (non-hydrogen) atoms. The van der Waals surface area contributed by atoms with E-state index in [-0.39, 0.29) is 22.2 Å². The molecule has 6 N–H and O–H groups in total. The Bertz CT molecular complexity index is 1530. The number of fused-ring (bicyclic) bond motifs is 2. The summed E-state index contributed by atoms with van der Waals surface area (Å²) >= 11 is 2.57. The van der Waals surface area contributed by atoms with Crippen molar-refractivity contribution in [2.75, 3.05) is 18.6 Å². The summed E-state index contributed by atoms with van der Waals surface area (Å²) in [7, 11) is -3.37. The van der Waals surface area contributed by atoms with Gasteiger partial charge in [0, 0.05) is 34.8 Å². The van der Waals surface area contributed by atoms with E-state index in [1.807, 2.05) is 12.3 Å². The minimum atomic E-state index is -4.67. The number of thioether (sulfide) groups is 1. The minimum Gasteiger partial charge on any atom is -0.477 e. The number of carboxylic acid groups (broad SMARTS) is 1. The van der Waals surface area contributed by atoms with E-state index < -0.39 is 39.6 Å². The van der Waals surface area contributed by atoms with Gasteiger partial charge in [-0.3, -0.25) is 23.6 Å². The molecule has 2 aliphatic heterocycles. The summed E-state index contributed by atoms with van der Waals surface area (Å²) < 4.78 is 33.7. The summed E-state index contributed by atoms with van der Waals surface area (Å²) in [5.74, 6) is -1.86. The highest BCUT2D eigenvalue weighted by atomic mass is 32.3. The van der Waals surface area contributed by atoms with Gasteiger partial charge in [0.05, 0.1) is 0 Å². The molecule has 15 nitrogen and oxygen atoms in total. The SMILES string of the molecule is CO/N=C(\C(=O)N[C@H]1C(=O)N2C(C(=O)O)=C(C[n+]3cccc4c3CCCC4)CS[C@@H]12)c1csc(N)n1.O=S(=O)(O)O. The first-order chi connectivity index (χ1) is 19.4. The van der Waals surface area contributed by atoms with Crippen LogP contribution < -0.4 is 15.6 Å². The lowest BCUT2D eigenvalue weighted by atomic mass is 9.95. The van der Waals surface area contributed by atoms with Crippen LogP contribution in [-0.4, -0.2) is 80.3 Å². The van der Waals surface area contributed by atoms with Crippen LogP contribution in [0.2, 0.25) is 0 Å². The van der Waals surface area contributed by atoms with Crippen molar-refractivity contribution < 1.29 is 46.4 Å². The predicted molar refractivity (Wildman–Crippen MR) is 147 cm³/mol. The van der Waals surface area contributed by atoms with E-state index in [1.165, 1.54) is 35.0 Å². The monoisotopic (exact) mass is 627 g/mol. The van der Waals surface area contributed by atoms with Gasteiger partial charge in [-0.1, -0.05) is 5.16 Å². The standard InChI is InChI=1S/C23H24N6O5S2.H2O4S/c1-34-27-16(14-11-36-23(24)25-14)19(30)26-17-20(31)29-18(22(32)33)13(10-35-21(17)29)9-28-8-4-6-12-5-2-3-7-15(12)28;1-5(2,3)4/h4,6,8,11,17,21H,2-3,5,7,9-10H2,1H3,(H3-,24,25,26,30,32,33);(H2,1,2,3,4)/p+1/b27-16-;/t17-,21-;/m0./s1. The Balaban J connectivity index is 0.000000714. The maximum absolute atomic E-state index is 13.1. The molecule has 1 saturated heterocycles. The van der Waals surface area contributed by atoms with Crippen molar-refractivity contribution in [3.63, 3.8) is 0 Å². The molecule has 0 spiro atoms. The summed E-state index contributed by atoms with van der Waals surface area (Å²) in [4.78, 5) is 48.4. The number of thiazole rings is 1. The molecule has 0 bridgehead atoms. The Morgan fingerprint density at radius 3 is 2.66 bits per heavy atom. The molecule has 18 heteroatoms. The van der Waals surface area contributed by atoms with Crippen LogP contribution in [0, 0.1) is 0 Å². The molecule has 220 valence electrons. The van der Waals surface area contributed by atoms with Gasteiger partial charge in [0.25, 0.3) is 11.8 Å². The highest BCUT2D eigenvalue weighted by Gasteiger charge is 2.55. The fourth-order valence-corrected chi connectivity index (χ4v) is 6.72. The smallest absolute Gasteiger partial charge is 0.394 e. The van der Waals surface area contributed by atoms with Gasteiger partial charge >= 0.3 is 16.4 Å². The van der Waals surface area contributed by atoms with Crippen LogP contribution in [0.25, 0.3) is 0 Å². The Morgan fingerprint density at radius 2 is 2.02 bits per heavy atom. The number of nitrogens with zero attached hydrogens (tertiary/aromatic N) is 4. The fourth-order valence-electron chi connectivity index (χ4n) is 4.83. The molecule has 2 amide bonds. The molecular weight excluding hydrogens is 600 g/mol.